The van der Waals surface area contributed by atoms with Gasteiger partial charge in [0.2, 0.25) is 0 Å². The van der Waals surface area contributed by atoms with E-state index in [0.717, 1.165) is 18.8 Å². The molecule has 2 N–H and O–H groups in total. The van der Waals surface area contributed by atoms with Crippen molar-refractivity contribution in [3.05, 3.63) is 34.9 Å². The molecule has 1 nitrogen and oxygen atoms in total. The Bertz CT molecular complexity index is 321. The van der Waals surface area contributed by atoms with E-state index in [9.17, 15) is 0 Å². The zero-order chi connectivity index (χ0) is 12.8. The Labute approximate surface area is 106 Å². The van der Waals surface area contributed by atoms with E-state index in [4.69, 9.17) is 5.73 Å². The standard InChI is InChI=1S/C16H27N/c1-12(2)6-5-7-16(17)11-15-9-13(3)8-14(4)10-15/h8-10,12,16H,5-7,11,17H2,1-4H3. The molecule has 0 aromatic heterocycles. The number of benzene rings is 1. The van der Waals surface area contributed by atoms with Gasteiger partial charge in [-0.3, -0.25) is 0 Å². The first-order valence-electron chi connectivity index (χ1n) is 6.80. The first kappa shape index (κ1) is 14.2. The SMILES string of the molecule is Cc1cc(C)cc(CC(N)CCCC(C)C)c1. The van der Waals surface area contributed by atoms with Crippen molar-refractivity contribution >= 4 is 0 Å². The Kier molecular flexibility index (Phi) is 5.70. The summed E-state index contributed by atoms with van der Waals surface area (Å²) in [6.07, 6.45) is 4.70. The summed E-state index contributed by atoms with van der Waals surface area (Å²) >= 11 is 0. The van der Waals surface area contributed by atoms with Crippen molar-refractivity contribution in [2.75, 3.05) is 0 Å². The van der Waals surface area contributed by atoms with Crippen LogP contribution in [0.15, 0.2) is 18.2 Å². The van der Waals surface area contributed by atoms with Gasteiger partial charge in [-0.2, -0.15) is 0 Å². The van der Waals surface area contributed by atoms with Crippen LogP contribution in [0, 0.1) is 19.8 Å². The number of nitrogens with two attached hydrogens (primary N) is 1. The van der Waals surface area contributed by atoms with Crippen LogP contribution in [0.3, 0.4) is 0 Å². The molecule has 1 atom stereocenters. The van der Waals surface area contributed by atoms with E-state index >= 15 is 0 Å². The third kappa shape index (κ3) is 5.88. The van der Waals surface area contributed by atoms with Crippen molar-refractivity contribution in [2.24, 2.45) is 11.7 Å². The fourth-order valence-corrected chi connectivity index (χ4v) is 2.38. The second-order valence-electron chi connectivity index (χ2n) is 5.78. The molecule has 0 aliphatic heterocycles. The normalized spacial score (nSPS) is 13.1. The highest BCUT2D eigenvalue weighted by atomic mass is 14.6. The first-order valence-corrected chi connectivity index (χ1v) is 6.80. The van der Waals surface area contributed by atoms with E-state index in [1.54, 1.807) is 0 Å². The van der Waals surface area contributed by atoms with Crippen molar-refractivity contribution in [2.45, 2.75) is 59.4 Å². The Hall–Kier alpha value is -0.820. The number of hydrogen-bond donors (Lipinski definition) is 1. The Morgan fingerprint density at radius 3 is 2.12 bits per heavy atom. The molecule has 1 rings (SSSR count). The molecular formula is C16H27N. The first-order chi connectivity index (χ1) is 7.97. The smallest absolute Gasteiger partial charge is 0.00793 e. The second-order valence-corrected chi connectivity index (χ2v) is 5.78. The van der Waals surface area contributed by atoms with Gasteiger partial charge in [0, 0.05) is 6.04 Å². The molecule has 1 unspecified atom stereocenters. The van der Waals surface area contributed by atoms with Gasteiger partial charge in [0.15, 0.2) is 0 Å². The number of aryl methyl sites for hydroxylation is 2. The van der Waals surface area contributed by atoms with Crippen LogP contribution in [0.5, 0.6) is 0 Å². The quantitative estimate of drug-likeness (QED) is 0.789. The van der Waals surface area contributed by atoms with E-state index in [1.807, 2.05) is 0 Å². The van der Waals surface area contributed by atoms with Crippen LogP contribution < -0.4 is 5.73 Å². The molecule has 0 aliphatic carbocycles. The molecule has 0 aliphatic rings. The van der Waals surface area contributed by atoms with Gasteiger partial charge in [-0.25, -0.2) is 0 Å². The minimum Gasteiger partial charge on any atom is -0.327 e. The molecule has 1 aromatic rings. The highest BCUT2D eigenvalue weighted by Gasteiger charge is 2.05. The van der Waals surface area contributed by atoms with Gasteiger partial charge >= 0.3 is 0 Å². The zero-order valence-electron chi connectivity index (χ0n) is 11.8. The molecule has 0 radical (unpaired) electrons. The van der Waals surface area contributed by atoms with Crippen molar-refractivity contribution in [1.82, 2.24) is 0 Å². The van der Waals surface area contributed by atoms with Gasteiger partial charge in [0.25, 0.3) is 0 Å². The Morgan fingerprint density at radius 1 is 1.00 bits per heavy atom. The predicted octanol–water partition coefficient (Wildman–Crippen LogP) is 4.00. The highest BCUT2D eigenvalue weighted by Crippen LogP contribution is 2.13. The van der Waals surface area contributed by atoms with Crippen LogP contribution in [-0.4, -0.2) is 6.04 Å². The molecule has 96 valence electrons. The van der Waals surface area contributed by atoms with Gasteiger partial charge < -0.3 is 5.73 Å². The fourth-order valence-electron chi connectivity index (χ4n) is 2.38. The maximum Gasteiger partial charge on any atom is 0.00793 e. The van der Waals surface area contributed by atoms with Gasteiger partial charge in [0.1, 0.15) is 0 Å². The topological polar surface area (TPSA) is 26.0 Å². The van der Waals surface area contributed by atoms with Crippen LogP contribution in [0.4, 0.5) is 0 Å². The van der Waals surface area contributed by atoms with Gasteiger partial charge in [-0.05, 0) is 38.2 Å². The lowest BCUT2D eigenvalue weighted by atomic mass is 9.97. The van der Waals surface area contributed by atoms with Crippen molar-refractivity contribution in [1.29, 1.82) is 0 Å². The molecule has 0 heterocycles. The maximum atomic E-state index is 6.19. The number of hydrogen-bond acceptors (Lipinski definition) is 1. The summed E-state index contributed by atoms with van der Waals surface area (Å²) in [4.78, 5) is 0. The molecule has 0 fully saturated rings. The molecule has 1 aromatic carbocycles. The van der Waals surface area contributed by atoms with E-state index in [-0.39, 0.29) is 0 Å². The molecular weight excluding hydrogens is 206 g/mol. The van der Waals surface area contributed by atoms with Crippen LogP contribution in [-0.2, 0) is 6.42 Å². The van der Waals surface area contributed by atoms with E-state index in [2.05, 4.69) is 45.9 Å². The molecule has 1 heteroatoms. The maximum absolute atomic E-state index is 6.19. The molecule has 0 saturated carbocycles. The lowest BCUT2D eigenvalue weighted by Gasteiger charge is -2.13. The molecule has 0 bridgehead atoms. The third-order valence-corrected chi connectivity index (χ3v) is 3.14. The minimum absolute atomic E-state index is 0.315. The lowest BCUT2D eigenvalue weighted by Crippen LogP contribution is -2.22. The minimum atomic E-state index is 0.315. The largest absolute Gasteiger partial charge is 0.327 e. The van der Waals surface area contributed by atoms with Crippen molar-refractivity contribution in [3.63, 3.8) is 0 Å². The van der Waals surface area contributed by atoms with Crippen LogP contribution >= 0.6 is 0 Å². The second kappa shape index (κ2) is 6.80. The van der Waals surface area contributed by atoms with Crippen LogP contribution in [0.1, 0.15) is 49.8 Å². The third-order valence-electron chi connectivity index (χ3n) is 3.14. The Balaban J connectivity index is 2.42. The van der Waals surface area contributed by atoms with Gasteiger partial charge in [-0.15, -0.1) is 0 Å². The van der Waals surface area contributed by atoms with Crippen LogP contribution in [0.2, 0.25) is 0 Å². The van der Waals surface area contributed by atoms with Gasteiger partial charge in [-0.1, -0.05) is 56.0 Å². The van der Waals surface area contributed by atoms with E-state index < -0.39 is 0 Å². The summed E-state index contributed by atoms with van der Waals surface area (Å²) < 4.78 is 0. The summed E-state index contributed by atoms with van der Waals surface area (Å²) in [6, 6.07) is 7.05. The van der Waals surface area contributed by atoms with Crippen molar-refractivity contribution < 1.29 is 0 Å². The van der Waals surface area contributed by atoms with Gasteiger partial charge in [0.05, 0.1) is 0 Å². The molecule has 0 amide bonds. The van der Waals surface area contributed by atoms with Crippen molar-refractivity contribution in [3.8, 4) is 0 Å². The highest BCUT2D eigenvalue weighted by molar-refractivity contribution is 5.29. The average molecular weight is 233 g/mol. The summed E-state index contributed by atoms with van der Waals surface area (Å²) in [6.45, 7) is 8.85. The number of rotatable bonds is 6. The summed E-state index contributed by atoms with van der Waals surface area (Å²) in [7, 11) is 0. The van der Waals surface area contributed by atoms with E-state index in [1.165, 1.54) is 29.5 Å². The van der Waals surface area contributed by atoms with Crippen LogP contribution in [0.25, 0.3) is 0 Å². The molecule has 0 spiro atoms. The van der Waals surface area contributed by atoms with E-state index in [0.29, 0.717) is 6.04 Å². The summed E-state index contributed by atoms with van der Waals surface area (Å²) in [5.74, 6) is 0.795. The average Bonchev–Trinajstić information content (AvgIpc) is 2.14. The summed E-state index contributed by atoms with van der Waals surface area (Å²) in [5.41, 5.74) is 10.3. The monoisotopic (exact) mass is 233 g/mol. The predicted molar refractivity (Wildman–Crippen MR) is 76.3 cm³/mol. The Morgan fingerprint density at radius 2 is 1.59 bits per heavy atom. The molecule has 17 heavy (non-hydrogen) atoms. The molecule has 0 saturated heterocycles. The zero-order valence-corrected chi connectivity index (χ0v) is 11.8. The lowest BCUT2D eigenvalue weighted by molar-refractivity contribution is 0.496. The fraction of sp³-hybridized carbons (Fsp3) is 0.625. The summed E-state index contributed by atoms with van der Waals surface area (Å²) in [5, 5.41) is 0.